The molecule has 2 N–H and O–H groups in total. The fraction of sp³-hybridized carbons (Fsp3) is 0.636. The Bertz CT molecular complexity index is 841. The third kappa shape index (κ3) is 7.08. The lowest BCUT2D eigenvalue weighted by Crippen LogP contribution is -2.47. The van der Waals surface area contributed by atoms with Crippen molar-refractivity contribution in [3.05, 3.63) is 34.9 Å². The van der Waals surface area contributed by atoms with Crippen LogP contribution >= 0.6 is 0 Å². The largest absolute Gasteiger partial charge is 0.416 e. The minimum Gasteiger partial charge on any atom is -0.393 e. The number of likely N-dealkylation sites (tertiary alicyclic amines) is 2. The van der Waals surface area contributed by atoms with Gasteiger partial charge in [-0.3, -0.25) is 14.5 Å². The van der Waals surface area contributed by atoms with Gasteiger partial charge in [-0.05, 0) is 49.8 Å². The van der Waals surface area contributed by atoms with Gasteiger partial charge >= 0.3 is 12.4 Å². The number of nitrogens with zero attached hydrogens (tertiary/aromatic N) is 2. The van der Waals surface area contributed by atoms with Gasteiger partial charge in [0.25, 0.3) is 5.91 Å². The Morgan fingerprint density at radius 1 is 0.882 bits per heavy atom. The van der Waals surface area contributed by atoms with Crippen LogP contribution in [0.5, 0.6) is 0 Å². The topological polar surface area (TPSA) is 72.9 Å². The second kappa shape index (κ2) is 10.5. The first-order chi connectivity index (χ1) is 15.8. The number of hydrogen-bond donors (Lipinski definition) is 2. The number of piperidine rings is 2. The number of aliphatic hydroxyl groups is 1. The summed E-state index contributed by atoms with van der Waals surface area (Å²) in [5.74, 6) is -1.09. The highest BCUT2D eigenvalue weighted by atomic mass is 19.4. The molecule has 0 spiro atoms. The standard InChI is InChI=1S/C22H27F6N3O3/c23-21(24,25)16-9-15(10-17(11-16)22(26,27)28)20(34)29-12-14-1-7-31(8-2-14)19(33)13-30-5-3-18(32)4-6-30/h9-11,14,18,32H,1-8,12-13H2,(H,29,34). The van der Waals surface area contributed by atoms with Crippen LogP contribution in [-0.4, -0.2) is 72.1 Å². The summed E-state index contributed by atoms with van der Waals surface area (Å²) in [6.45, 7) is 2.57. The molecule has 2 saturated heterocycles. The van der Waals surface area contributed by atoms with Crippen molar-refractivity contribution in [3.8, 4) is 0 Å². The normalized spacial score (nSPS) is 19.3. The van der Waals surface area contributed by atoms with E-state index in [1.807, 2.05) is 4.90 Å². The number of nitrogens with one attached hydrogen (secondary N) is 1. The molecule has 6 nitrogen and oxygen atoms in total. The number of carbonyl (C=O) groups is 2. The average molecular weight is 495 g/mol. The van der Waals surface area contributed by atoms with E-state index in [0.717, 1.165) is 0 Å². The van der Waals surface area contributed by atoms with Crippen molar-refractivity contribution in [1.82, 2.24) is 15.1 Å². The number of hydrogen-bond acceptors (Lipinski definition) is 4. The van der Waals surface area contributed by atoms with Gasteiger partial charge in [0.05, 0.1) is 23.8 Å². The predicted molar refractivity (Wildman–Crippen MR) is 110 cm³/mol. The van der Waals surface area contributed by atoms with Crippen molar-refractivity contribution in [3.63, 3.8) is 0 Å². The van der Waals surface area contributed by atoms with Crippen LogP contribution in [0.15, 0.2) is 18.2 Å². The molecule has 0 aromatic heterocycles. The van der Waals surface area contributed by atoms with E-state index < -0.39 is 35.0 Å². The number of carbonyl (C=O) groups excluding carboxylic acids is 2. The van der Waals surface area contributed by atoms with Crippen LogP contribution in [0.1, 0.15) is 47.2 Å². The Labute approximate surface area is 192 Å². The van der Waals surface area contributed by atoms with Crippen LogP contribution in [0.4, 0.5) is 26.3 Å². The molecule has 2 fully saturated rings. The Balaban J connectivity index is 1.51. The van der Waals surface area contributed by atoms with Crippen molar-refractivity contribution in [2.75, 3.05) is 39.3 Å². The van der Waals surface area contributed by atoms with Gasteiger partial charge in [0.15, 0.2) is 0 Å². The summed E-state index contributed by atoms with van der Waals surface area (Å²) >= 11 is 0. The SMILES string of the molecule is O=C(NCC1CCN(C(=O)CN2CCC(O)CC2)CC1)c1cc(C(F)(F)F)cc(C(F)(F)F)c1. The Morgan fingerprint density at radius 3 is 1.91 bits per heavy atom. The van der Waals surface area contributed by atoms with Gasteiger partial charge in [0.2, 0.25) is 5.91 Å². The van der Waals surface area contributed by atoms with E-state index in [2.05, 4.69) is 5.32 Å². The molecule has 190 valence electrons. The molecule has 2 amide bonds. The molecule has 34 heavy (non-hydrogen) atoms. The molecule has 1 aromatic rings. The first-order valence-electron chi connectivity index (χ1n) is 11.1. The van der Waals surface area contributed by atoms with Crippen molar-refractivity contribution in [2.24, 2.45) is 5.92 Å². The summed E-state index contributed by atoms with van der Waals surface area (Å²) in [5, 5.41) is 12.0. The first-order valence-corrected chi connectivity index (χ1v) is 11.1. The first kappa shape index (κ1) is 26.3. The molecule has 3 rings (SSSR count). The van der Waals surface area contributed by atoms with Crippen molar-refractivity contribution >= 4 is 11.8 Å². The highest BCUT2D eigenvalue weighted by molar-refractivity contribution is 5.94. The molecule has 0 aliphatic carbocycles. The van der Waals surface area contributed by atoms with Gasteiger partial charge in [0.1, 0.15) is 0 Å². The van der Waals surface area contributed by atoms with Gasteiger partial charge in [-0.1, -0.05) is 0 Å². The van der Waals surface area contributed by atoms with Crippen LogP contribution in [0.2, 0.25) is 0 Å². The molecule has 0 unspecified atom stereocenters. The Hall–Kier alpha value is -2.34. The van der Waals surface area contributed by atoms with Crippen molar-refractivity contribution in [2.45, 2.75) is 44.1 Å². The highest BCUT2D eigenvalue weighted by Gasteiger charge is 2.37. The van der Waals surface area contributed by atoms with Gasteiger partial charge in [-0.2, -0.15) is 26.3 Å². The smallest absolute Gasteiger partial charge is 0.393 e. The van der Waals surface area contributed by atoms with Crippen LogP contribution < -0.4 is 5.32 Å². The van der Waals surface area contributed by atoms with Gasteiger partial charge in [-0.25, -0.2) is 0 Å². The summed E-state index contributed by atoms with van der Waals surface area (Å²) in [7, 11) is 0. The number of benzene rings is 1. The highest BCUT2D eigenvalue weighted by Crippen LogP contribution is 2.36. The minimum atomic E-state index is -5.02. The fourth-order valence-corrected chi connectivity index (χ4v) is 4.18. The monoisotopic (exact) mass is 495 g/mol. The molecule has 0 atom stereocenters. The average Bonchev–Trinajstić information content (AvgIpc) is 2.78. The van der Waals surface area contributed by atoms with E-state index in [0.29, 0.717) is 64.0 Å². The predicted octanol–water partition coefficient (Wildman–Crippen LogP) is 3.15. The fourth-order valence-electron chi connectivity index (χ4n) is 4.18. The zero-order valence-electron chi connectivity index (χ0n) is 18.4. The second-order valence-corrected chi connectivity index (χ2v) is 8.84. The molecule has 0 radical (unpaired) electrons. The molecule has 0 saturated carbocycles. The molecule has 0 bridgehead atoms. The van der Waals surface area contributed by atoms with E-state index >= 15 is 0 Å². The van der Waals surface area contributed by atoms with Crippen molar-refractivity contribution < 1.29 is 41.0 Å². The third-order valence-electron chi connectivity index (χ3n) is 6.28. The Kier molecular flexibility index (Phi) is 8.12. The van der Waals surface area contributed by atoms with Gasteiger partial charge in [0, 0.05) is 38.3 Å². The maximum Gasteiger partial charge on any atom is 0.416 e. The lowest BCUT2D eigenvalue weighted by Gasteiger charge is -2.35. The quantitative estimate of drug-likeness (QED) is 0.616. The number of amides is 2. The lowest BCUT2D eigenvalue weighted by molar-refractivity contribution is -0.143. The molecule has 2 heterocycles. The minimum absolute atomic E-state index is 0.0183. The number of alkyl halides is 6. The summed E-state index contributed by atoms with van der Waals surface area (Å²) in [5.41, 5.74) is -3.79. The zero-order valence-corrected chi connectivity index (χ0v) is 18.4. The van der Waals surface area contributed by atoms with E-state index in [1.165, 1.54) is 0 Å². The molecular formula is C22H27F6N3O3. The van der Waals surface area contributed by atoms with Crippen LogP contribution in [-0.2, 0) is 17.1 Å². The molecular weight excluding hydrogens is 468 g/mol. The Morgan fingerprint density at radius 2 is 1.41 bits per heavy atom. The summed E-state index contributed by atoms with van der Waals surface area (Å²) < 4.78 is 78.0. The molecule has 2 aliphatic rings. The maximum atomic E-state index is 13.0. The van der Waals surface area contributed by atoms with Crippen LogP contribution in [0.25, 0.3) is 0 Å². The lowest BCUT2D eigenvalue weighted by atomic mass is 9.96. The molecule has 12 heteroatoms. The van der Waals surface area contributed by atoms with Crippen molar-refractivity contribution in [1.29, 1.82) is 0 Å². The van der Waals surface area contributed by atoms with Crippen LogP contribution in [0, 0.1) is 5.92 Å². The zero-order chi connectivity index (χ0) is 25.1. The van der Waals surface area contributed by atoms with E-state index in [4.69, 9.17) is 0 Å². The number of aliphatic hydroxyl groups excluding tert-OH is 1. The number of halogens is 6. The van der Waals surface area contributed by atoms with Gasteiger partial charge < -0.3 is 15.3 Å². The third-order valence-corrected chi connectivity index (χ3v) is 6.28. The molecule has 1 aromatic carbocycles. The number of rotatable bonds is 5. The second-order valence-electron chi connectivity index (χ2n) is 8.84. The van der Waals surface area contributed by atoms with E-state index in [1.54, 1.807) is 4.90 Å². The molecule has 2 aliphatic heterocycles. The summed E-state index contributed by atoms with van der Waals surface area (Å²) in [6, 6.07) is 0.798. The van der Waals surface area contributed by atoms with E-state index in [9.17, 15) is 41.0 Å². The van der Waals surface area contributed by atoms with Crippen LogP contribution in [0.3, 0.4) is 0 Å². The van der Waals surface area contributed by atoms with E-state index in [-0.39, 0.29) is 37.1 Å². The summed E-state index contributed by atoms with van der Waals surface area (Å²) in [6.07, 6.45) is -8.00. The summed E-state index contributed by atoms with van der Waals surface area (Å²) in [4.78, 5) is 28.5. The van der Waals surface area contributed by atoms with Gasteiger partial charge in [-0.15, -0.1) is 0 Å². The maximum absolute atomic E-state index is 13.0.